The average molecular weight is 559 g/mol. The first-order valence-corrected chi connectivity index (χ1v) is 14.1. The van der Waals surface area contributed by atoms with Crippen molar-refractivity contribution in [1.82, 2.24) is 0 Å². The third-order valence-electron chi connectivity index (χ3n) is 8.87. The first-order chi connectivity index (χ1) is 19.8. The van der Waals surface area contributed by atoms with E-state index in [9.17, 15) is 14.4 Å². The number of nitrogens with one attached hydrogen (secondary N) is 1. The fourth-order valence-corrected chi connectivity index (χ4v) is 7.24. The third kappa shape index (κ3) is 3.58. The number of nitrogens with zero attached hydrogens (tertiary/aromatic N) is 1. The maximum Gasteiger partial charge on any atom is 0.238 e. The molecule has 41 heavy (non-hydrogen) atoms. The predicted octanol–water partition coefficient (Wildman–Crippen LogP) is 6.89. The molecule has 1 spiro atoms. The number of hydrogen-bond acceptors (Lipinski definition) is 4. The predicted molar refractivity (Wildman–Crippen MR) is 162 cm³/mol. The molecule has 3 heterocycles. The number of aryl methyl sites for hydroxylation is 1. The van der Waals surface area contributed by atoms with Gasteiger partial charge in [0, 0.05) is 33.1 Å². The molecular formula is C35H27ClN2O3. The largest absolute Gasteiger partial charge is 0.352 e. The monoisotopic (exact) mass is 558 g/mol. The Morgan fingerprint density at radius 3 is 2.27 bits per heavy atom. The highest BCUT2D eigenvalue weighted by molar-refractivity contribution is 6.30. The number of hydrogen-bond donors (Lipinski definition) is 1. The molecule has 0 bridgehead atoms. The zero-order valence-electron chi connectivity index (χ0n) is 22.6. The molecule has 3 aliphatic heterocycles. The lowest BCUT2D eigenvalue weighted by Gasteiger charge is -2.39. The van der Waals surface area contributed by atoms with E-state index in [0.29, 0.717) is 21.8 Å². The van der Waals surface area contributed by atoms with Crippen molar-refractivity contribution >= 4 is 46.0 Å². The van der Waals surface area contributed by atoms with E-state index in [4.69, 9.17) is 11.6 Å². The van der Waals surface area contributed by atoms with Gasteiger partial charge in [-0.15, -0.1) is 0 Å². The second-order valence-electron chi connectivity index (χ2n) is 11.1. The Balaban J connectivity index is 1.56. The number of anilines is 2. The van der Waals surface area contributed by atoms with Gasteiger partial charge in [-0.2, -0.15) is 0 Å². The van der Waals surface area contributed by atoms with Crippen LogP contribution in [0.3, 0.4) is 0 Å². The number of carbonyl (C=O) groups excluding carboxylic acids is 3. The number of para-hydroxylation sites is 1. The van der Waals surface area contributed by atoms with E-state index in [1.165, 1.54) is 0 Å². The Morgan fingerprint density at radius 2 is 1.51 bits per heavy atom. The molecule has 6 heteroatoms. The molecule has 1 amide bonds. The minimum atomic E-state index is -1.34. The second-order valence-corrected chi connectivity index (χ2v) is 11.6. The molecule has 1 fully saturated rings. The van der Waals surface area contributed by atoms with Crippen LogP contribution in [0.5, 0.6) is 0 Å². The number of fused-ring (bicyclic) bond motifs is 6. The van der Waals surface area contributed by atoms with Crippen molar-refractivity contribution in [2.75, 3.05) is 10.2 Å². The molecule has 7 rings (SSSR count). The van der Waals surface area contributed by atoms with E-state index in [1.54, 1.807) is 36.4 Å². The summed E-state index contributed by atoms with van der Waals surface area (Å²) >= 11 is 6.18. The standard InChI is InChI=1S/C35H27ClN2O3/c1-20-12-17-28-25(18-20)21(2)19-29-35(26-10-6-7-11-27(26)37-34(35)41)30(32(39)23-13-15-24(36)16-14-23)31(38(28)29)33(40)22-8-4-3-5-9-22/h3-19,29-31H,1-2H3,(H,37,41)/t29-,30-,31+,35-/m1/s1. The molecule has 0 saturated carbocycles. The van der Waals surface area contributed by atoms with Gasteiger partial charge in [0.2, 0.25) is 5.91 Å². The summed E-state index contributed by atoms with van der Waals surface area (Å²) in [5, 5.41) is 3.58. The van der Waals surface area contributed by atoms with Crippen LogP contribution in [-0.4, -0.2) is 29.6 Å². The topological polar surface area (TPSA) is 66.5 Å². The molecule has 0 aromatic heterocycles. The Labute approximate surface area is 243 Å². The first kappa shape index (κ1) is 25.5. The quantitative estimate of drug-likeness (QED) is 0.277. The SMILES string of the molecule is CC1=C[C@H]2N(c3ccc(C)cc31)[C@H](C(=O)c1ccccc1)[C@H](C(=O)c1ccc(Cl)cc1)[C@]21C(=O)Nc2ccccc21. The Kier molecular flexibility index (Phi) is 5.77. The van der Waals surface area contributed by atoms with Gasteiger partial charge in [-0.3, -0.25) is 14.4 Å². The van der Waals surface area contributed by atoms with Crippen molar-refractivity contribution in [2.24, 2.45) is 5.92 Å². The number of Topliss-reactive ketones (excluding diaryl/α,β-unsaturated/α-hetero) is 2. The molecule has 4 aromatic rings. The number of benzene rings is 4. The summed E-state index contributed by atoms with van der Waals surface area (Å²) < 4.78 is 0. The zero-order valence-corrected chi connectivity index (χ0v) is 23.4. The van der Waals surface area contributed by atoms with E-state index in [-0.39, 0.29) is 17.5 Å². The van der Waals surface area contributed by atoms with Gasteiger partial charge in [0.1, 0.15) is 11.5 Å². The molecule has 202 valence electrons. The molecule has 4 aromatic carbocycles. The van der Waals surface area contributed by atoms with Gasteiger partial charge in [-0.25, -0.2) is 0 Å². The van der Waals surface area contributed by atoms with Crippen molar-refractivity contribution in [3.8, 4) is 0 Å². The average Bonchev–Trinajstić information content (AvgIpc) is 3.45. The van der Waals surface area contributed by atoms with Crippen LogP contribution >= 0.6 is 11.6 Å². The lowest BCUT2D eigenvalue weighted by atomic mass is 9.64. The number of ketones is 2. The molecule has 1 saturated heterocycles. The van der Waals surface area contributed by atoms with Crippen LogP contribution in [0.4, 0.5) is 11.4 Å². The molecule has 5 nitrogen and oxygen atoms in total. The van der Waals surface area contributed by atoms with Crippen LogP contribution in [0.25, 0.3) is 5.57 Å². The van der Waals surface area contributed by atoms with Crippen LogP contribution in [0.15, 0.2) is 103 Å². The number of rotatable bonds is 4. The van der Waals surface area contributed by atoms with Gasteiger partial charge >= 0.3 is 0 Å². The van der Waals surface area contributed by atoms with Crippen LogP contribution in [0, 0.1) is 12.8 Å². The Bertz CT molecular complexity index is 1780. The molecule has 0 aliphatic carbocycles. The van der Waals surface area contributed by atoms with Crippen LogP contribution < -0.4 is 10.2 Å². The van der Waals surface area contributed by atoms with Crippen molar-refractivity contribution in [3.63, 3.8) is 0 Å². The van der Waals surface area contributed by atoms with Gasteiger partial charge < -0.3 is 10.2 Å². The summed E-state index contributed by atoms with van der Waals surface area (Å²) in [6, 6.07) is 27.9. The molecular weight excluding hydrogens is 532 g/mol. The zero-order chi connectivity index (χ0) is 28.5. The number of amides is 1. The van der Waals surface area contributed by atoms with Crippen molar-refractivity contribution in [2.45, 2.75) is 31.3 Å². The summed E-state index contributed by atoms with van der Waals surface area (Å²) in [4.78, 5) is 45.9. The van der Waals surface area contributed by atoms with E-state index in [1.807, 2.05) is 73.3 Å². The second kappa shape index (κ2) is 9.28. The van der Waals surface area contributed by atoms with Gasteiger partial charge in [0.25, 0.3) is 0 Å². The maximum absolute atomic E-state index is 14.8. The van der Waals surface area contributed by atoms with Crippen molar-refractivity contribution in [3.05, 3.63) is 136 Å². The summed E-state index contributed by atoms with van der Waals surface area (Å²) in [6.45, 7) is 4.07. The summed E-state index contributed by atoms with van der Waals surface area (Å²) in [7, 11) is 0. The van der Waals surface area contributed by atoms with E-state index in [2.05, 4.69) is 17.5 Å². The Morgan fingerprint density at radius 1 is 0.829 bits per heavy atom. The van der Waals surface area contributed by atoms with Crippen molar-refractivity contribution < 1.29 is 14.4 Å². The van der Waals surface area contributed by atoms with E-state index in [0.717, 1.165) is 28.0 Å². The summed E-state index contributed by atoms with van der Waals surface area (Å²) in [5.41, 5.74) is 4.90. The lowest BCUT2D eigenvalue weighted by molar-refractivity contribution is -0.121. The van der Waals surface area contributed by atoms with Crippen LogP contribution in [-0.2, 0) is 10.2 Å². The van der Waals surface area contributed by atoms with Crippen LogP contribution in [0.2, 0.25) is 5.02 Å². The molecule has 0 radical (unpaired) electrons. The van der Waals surface area contributed by atoms with Crippen LogP contribution in [0.1, 0.15) is 44.3 Å². The minimum absolute atomic E-state index is 0.198. The smallest absolute Gasteiger partial charge is 0.238 e. The molecule has 3 aliphatic rings. The van der Waals surface area contributed by atoms with E-state index < -0.39 is 23.4 Å². The molecule has 0 unspecified atom stereocenters. The van der Waals surface area contributed by atoms with Gasteiger partial charge in [-0.05, 0) is 67.4 Å². The highest BCUT2D eigenvalue weighted by atomic mass is 35.5. The minimum Gasteiger partial charge on any atom is -0.352 e. The van der Waals surface area contributed by atoms with Gasteiger partial charge in [-0.1, -0.05) is 77.8 Å². The first-order valence-electron chi connectivity index (χ1n) is 13.7. The van der Waals surface area contributed by atoms with Crippen molar-refractivity contribution in [1.29, 1.82) is 0 Å². The highest BCUT2D eigenvalue weighted by Gasteiger charge is 2.70. The lowest BCUT2D eigenvalue weighted by Crippen LogP contribution is -2.51. The normalized spacial score (nSPS) is 23.9. The Hall–Kier alpha value is -4.48. The molecule has 4 atom stereocenters. The summed E-state index contributed by atoms with van der Waals surface area (Å²) in [5.74, 6) is -1.75. The molecule has 1 N–H and O–H groups in total. The van der Waals surface area contributed by atoms with E-state index >= 15 is 0 Å². The third-order valence-corrected chi connectivity index (χ3v) is 9.12. The summed E-state index contributed by atoms with van der Waals surface area (Å²) in [6.07, 6.45) is 2.07. The fraction of sp³-hybridized carbons (Fsp3) is 0.171. The fourth-order valence-electron chi connectivity index (χ4n) is 7.11. The highest BCUT2D eigenvalue weighted by Crippen LogP contribution is 2.58. The van der Waals surface area contributed by atoms with Gasteiger partial charge in [0.15, 0.2) is 11.6 Å². The number of carbonyl (C=O) groups is 3. The van der Waals surface area contributed by atoms with Gasteiger partial charge in [0.05, 0.1) is 12.0 Å². The number of allylic oxidation sites excluding steroid dienone is 1. The number of halogens is 1. The maximum atomic E-state index is 14.8.